The number of ether oxygens (including phenoxy) is 1. The highest BCUT2D eigenvalue weighted by Gasteiger charge is 2.18. The van der Waals surface area contributed by atoms with Crippen molar-refractivity contribution in [3.8, 4) is 5.75 Å². The molecule has 0 spiro atoms. The van der Waals surface area contributed by atoms with Gasteiger partial charge in [0.2, 0.25) is 0 Å². The lowest BCUT2D eigenvalue weighted by Gasteiger charge is -2.21. The molecule has 0 fully saturated rings. The van der Waals surface area contributed by atoms with Gasteiger partial charge in [-0.1, -0.05) is 24.3 Å². The number of benzene rings is 2. The molecule has 120 valence electrons. The van der Waals surface area contributed by atoms with Crippen molar-refractivity contribution in [2.24, 2.45) is 0 Å². The number of hydrogen-bond acceptors (Lipinski definition) is 2. The highest BCUT2D eigenvalue weighted by molar-refractivity contribution is 5.95. The van der Waals surface area contributed by atoms with Crippen molar-refractivity contribution >= 4 is 11.6 Å². The minimum absolute atomic E-state index is 0.106. The Kier molecular flexibility index (Phi) is 4.65. The van der Waals surface area contributed by atoms with Crippen molar-refractivity contribution in [2.75, 3.05) is 5.32 Å². The Balaban J connectivity index is 1.69. The summed E-state index contributed by atoms with van der Waals surface area (Å²) in [5.74, 6) is 0.619. The molecule has 1 amide bonds. The van der Waals surface area contributed by atoms with Crippen LogP contribution < -0.4 is 10.1 Å². The first kappa shape index (κ1) is 15.6. The van der Waals surface area contributed by atoms with E-state index in [4.69, 9.17) is 4.74 Å². The van der Waals surface area contributed by atoms with Gasteiger partial charge in [-0.25, -0.2) is 0 Å². The molecule has 0 radical (unpaired) electrons. The predicted molar refractivity (Wildman–Crippen MR) is 93.0 cm³/mol. The van der Waals surface area contributed by atoms with Gasteiger partial charge in [-0.3, -0.25) is 4.79 Å². The Bertz CT molecular complexity index is 709. The van der Waals surface area contributed by atoms with Crippen LogP contribution in [0.15, 0.2) is 42.5 Å². The van der Waals surface area contributed by atoms with Crippen molar-refractivity contribution in [1.29, 1.82) is 0 Å². The smallest absolute Gasteiger partial charge is 0.265 e. The molecular weight excluding hydrogens is 286 g/mol. The molecular formula is C20H23NO2. The maximum atomic E-state index is 12.5. The average Bonchev–Trinajstić information content (AvgIpc) is 2.55. The van der Waals surface area contributed by atoms with Crippen LogP contribution in [0.4, 0.5) is 5.69 Å². The van der Waals surface area contributed by atoms with Crippen LogP contribution in [0.1, 0.15) is 36.5 Å². The lowest BCUT2D eigenvalue weighted by Crippen LogP contribution is -2.30. The first-order chi connectivity index (χ1) is 11.1. The third kappa shape index (κ3) is 3.73. The zero-order chi connectivity index (χ0) is 16.2. The molecule has 2 aromatic rings. The Hall–Kier alpha value is -2.29. The molecule has 0 aromatic heterocycles. The first-order valence-electron chi connectivity index (χ1n) is 8.28. The second-order valence-electron chi connectivity index (χ2n) is 6.22. The first-order valence-corrected chi connectivity index (χ1v) is 8.28. The fourth-order valence-corrected chi connectivity index (χ4v) is 3.08. The summed E-state index contributed by atoms with van der Waals surface area (Å²) < 4.78 is 5.76. The summed E-state index contributed by atoms with van der Waals surface area (Å²) in [6.07, 6.45) is 4.04. The van der Waals surface area contributed by atoms with Crippen molar-refractivity contribution in [2.45, 2.75) is 45.6 Å². The second-order valence-corrected chi connectivity index (χ2v) is 6.22. The van der Waals surface area contributed by atoms with E-state index in [1.165, 1.54) is 24.0 Å². The number of hydrogen-bond donors (Lipinski definition) is 1. The van der Waals surface area contributed by atoms with E-state index in [-0.39, 0.29) is 5.91 Å². The number of anilines is 1. The zero-order valence-electron chi connectivity index (χ0n) is 13.8. The standard InChI is InChI=1S/C20H23NO2/c1-14-7-5-10-17(13-14)23-15(2)20(22)21-19-12-6-9-16-8-3-4-11-18(16)19/h5-7,9-10,12-13,15H,3-4,8,11H2,1-2H3,(H,21,22)/t15-/m0/s1. The lowest BCUT2D eigenvalue weighted by atomic mass is 9.90. The van der Waals surface area contributed by atoms with Gasteiger partial charge in [0.25, 0.3) is 5.91 Å². The Morgan fingerprint density at radius 1 is 1.13 bits per heavy atom. The summed E-state index contributed by atoms with van der Waals surface area (Å²) in [5.41, 5.74) is 4.70. The predicted octanol–water partition coefficient (Wildman–Crippen LogP) is 4.28. The quantitative estimate of drug-likeness (QED) is 0.915. The van der Waals surface area contributed by atoms with E-state index in [1.54, 1.807) is 6.92 Å². The summed E-state index contributed by atoms with van der Waals surface area (Å²) in [6, 6.07) is 13.9. The van der Waals surface area contributed by atoms with Crippen LogP contribution in [-0.2, 0) is 17.6 Å². The van der Waals surface area contributed by atoms with Crippen LogP contribution in [0.5, 0.6) is 5.75 Å². The van der Waals surface area contributed by atoms with Crippen molar-refractivity contribution in [3.63, 3.8) is 0 Å². The number of carbonyl (C=O) groups is 1. The molecule has 1 atom stereocenters. The Morgan fingerprint density at radius 2 is 1.91 bits per heavy atom. The normalized spacial score (nSPS) is 14.7. The highest BCUT2D eigenvalue weighted by Crippen LogP contribution is 2.28. The van der Waals surface area contributed by atoms with Crippen molar-refractivity contribution in [1.82, 2.24) is 0 Å². The van der Waals surface area contributed by atoms with Crippen LogP contribution in [0, 0.1) is 6.92 Å². The van der Waals surface area contributed by atoms with Gasteiger partial charge in [-0.2, -0.15) is 0 Å². The monoisotopic (exact) mass is 309 g/mol. The SMILES string of the molecule is Cc1cccc(O[C@@H](C)C(=O)Nc2cccc3c2CCCC3)c1. The molecule has 3 nitrogen and oxygen atoms in total. The minimum atomic E-state index is -0.531. The van der Waals surface area contributed by atoms with Gasteiger partial charge < -0.3 is 10.1 Å². The van der Waals surface area contributed by atoms with Gasteiger partial charge in [0, 0.05) is 5.69 Å². The number of rotatable bonds is 4. The van der Waals surface area contributed by atoms with E-state index in [9.17, 15) is 4.79 Å². The fraction of sp³-hybridized carbons (Fsp3) is 0.350. The van der Waals surface area contributed by atoms with Gasteiger partial charge in [0.1, 0.15) is 5.75 Å². The largest absolute Gasteiger partial charge is 0.481 e. The van der Waals surface area contributed by atoms with E-state index in [0.29, 0.717) is 0 Å². The van der Waals surface area contributed by atoms with E-state index < -0.39 is 6.10 Å². The van der Waals surface area contributed by atoms with Crippen LogP contribution in [-0.4, -0.2) is 12.0 Å². The van der Waals surface area contributed by atoms with Gasteiger partial charge in [0.15, 0.2) is 6.10 Å². The van der Waals surface area contributed by atoms with E-state index >= 15 is 0 Å². The molecule has 1 N–H and O–H groups in total. The molecule has 3 rings (SSSR count). The topological polar surface area (TPSA) is 38.3 Å². The molecule has 0 aliphatic heterocycles. The molecule has 23 heavy (non-hydrogen) atoms. The Morgan fingerprint density at radius 3 is 2.74 bits per heavy atom. The summed E-state index contributed by atoms with van der Waals surface area (Å²) in [5, 5.41) is 3.04. The summed E-state index contributed by atoms with van der Waals surface area (Å²) in [7, 11) is 0. The van der Waals surface area contributed by atoms with Gasteiger partial charge in [0.05, 0.1) is 0 Å². The zero-order valence-corrected chi connectivity index (χ0v) is 13.8. The van der Waals surface area contributed by atoms with Crippen LogP contribution in [0.2, 0.25) is 0 Å². The highest BCUT2D eigenvalue weighted by atomic mass is 16.5. The summed E-state index contributed by atoms with van der Waals surface area (Å²) in [6.45, 7) is 3.79. The van der Waals surface area contributed by atoms with Crippen LogP contribution in [0.3, 0.4) is 0 Å². The Labute approximate surface area is 137 Å². The number of nitrogens with one attached hydrogen (secondary N) is 1. The molecule has 1 aliphatic rings. The maximum absolute atomic E-state index is 12.5. The fourth-order valence-electron chi connectivity index (χ4n) is 3.08. The number of aryl methyl sites for hydroxylation is 2. The lowest BCUT2D eigenvalue weighted by molar-refractivity contribution is -0.122. The molecule has 2 aromatic carbocycles. The van der Waals surface area contributed by atoms with Crippen molar-refractivity contribution < 1.29 is 9.53 Å². The molecule has 1 aliphatic carbocycles. The molecule has 0 heterocycles. The average molecular weight is 309 g/mol. The minimum Gasteiger partial charge on any atom is -0.481 e. The summed E-state index contributed by atoms with van der Waals surface area (Å²) >= 11 is 0. The van der Waals surface area contributed by atoms with E-state index in [0.717, 1.165) is 29.8 Å². The van der Waals surface area contributed by atoms with Crippen molar-refractivity contribution in [3.05, 3.63) is 59.2 Å². The number of amides is 1. The molecule has 0 bridgehead atoms. The summed E-state index contributed by atoms with van der Waals surface area (Å²) in [4.78, 5) is 12.5. The molecule has 0 unspecified atom stereocenters. The molecule has 0 saturated carbocycles. The van der Waals surface area contributed by atoms with Crippen LogP contribution >= 0.6 is 0 Å². The second kappa shape index (κ2) is 6.86. The van der Waals surface area contributed by atoms with Gasteiger partial charge >= 0.3 is 0 Å². The third-order valence-corrected chi connectivity index (χ3v) is 4.33. The number of fused-ring (bicyclic) bond motifs is 1. The van der Waals surface area contributed by atoms with E-state index in [1.807, 2.05) is 43.3 Å². The van der Waals surface area contributed by atoms with E-state index in [2.05, 4.69) is 11.4 Å². The van der Waals surface area contributed by atoms with Crippen LogP contribution in [0.25, 0.3) is 0 Å². The molecule has 3 heteroatoms. The third-order valence-electron chi connectivity index (χ3n) is 4.33. The van der Waals surface area contributed by atoms with Gasteiger partial charge in [-0.05, 0) is 74.4 Å². The molecule has 0 saturated heterocycles. The van der Waals surface area contributed by atoms with Gasteiger partial charge in [-0.15, -0.1) is 0 Å². The maximum Gasteiger partial charge on any atom is 0.265 e. The number of carbonyl (C=O) groups excluding carboxylic acids is 1.